The molecule has 0 bridgehead atoms. The first-order valence-corrected chi connectivity index (χ1v) is 6.34. The fourth-order valence-electron chi connectivity index (χ4n) is 3.12. The van der Waals surface area contributed by atoms with E-state index in [-0.39, 0.29) is 0 Å². The molecule has 2 heteroatoms. The van der Waals surface area contributed by atoms with Gasteiger partial charge in [0.05, 0.1) is 6.10 Å². The average molecular weight is 209 g/mol. The number of hydrogen-bond acceptors (Lipinski definition) is 2. The largest absolute Gasteiger partial charge is 0.378 e. The second kappa shape index (κ2) is 5.13. The summed E-state index contributed by atoms with van der Waals surface area (Å²) in [4.78, 5) is 0. The van der Waals surface area contributed by atoms with Gasteiger partial charge < -0.3 is 10.1 Å². The fourth-order valence-corrected chi connectivity index (χ4v) is 3.12. The van der Waals surface area contributed by atoms with Crippen LogP contribution < -0.4 is 5.32 Å². The second-order valence-corrected chi connectivity index (χ2v) is 4.71. The van der Waals surface area contributed by atoms with Gasteiger partial charge in [0.1, 0.15) is 0 Å². The van der Waals surface area contributed by atoms with Crippen molar-refractivity contribution >= 4 is 0 Å². The number of likely N-dealkylation sites (N-methyl/N-ethyl adjacent to an activating group) is 1. The summed E-state index contributed by atoms with van der Waals surface area (Å²) in [5.41, 5.74) is 1.63. The smallest absolute Gasteiger partial charge is 0.0619 e. The molecule has 1 fully saturated rings. The van der Waals surface area contributed by atoms with Gasteiger partial charge in [-0.2, -0.15) is 0 Å². The van der Waals surface area contributed by atoms with E-state index in [4.69, 9.17) is 4.74 Å². The van der Waals surface area contributed by atoms with Crippen molar-refractivity contribution in [3.05, 3.63) is 11.6 Å². The van der Waals surface area contributed by atoms with Crippen LogP contribution >= 0.6 is 0 Å². The van der Waals surface area contributed by atoms with E-state index in [9.17, 15) is 0 Å². The molecule has 0 saturated carbocycles. The van der Waals surface area contributed by atoms with Crippen LogP contribution in [0.25, 0.3) is 0 Å². The molecule has 0 radical (unpaired) electrons. The highest BCUT2D eigenvalue weighted by Gasteiger charge is 2.34. The first-order chi connectivity index (χ1) is 7.36. The van der Waals surface area contributed by atoms with Gasteiger partial charge in [-0.25, -0.2) is 0 Å². The molecule has 0 aromatic carbocycles. The van der Waals surface area contributed by atoms with Crippen LogP contribution in [0.3, 0.4) is 0 Å². The zero-order valence-electron chi connectivity index (χ0n) is 9.96. The first kappa shape index (κ1) is 11.2. The third-order valence-electron chi connectivity index (χ3n) is 3.88. The number of ether oxygens (including phenoxy) is 1. The predicted molar refractivity (Wildman–Crippen MR) is 62.9 cm³/mol. The van der Waals surface area contributed by atoms with Crippen molar-refractivity contribution in [2.75, 3.05) is 13.7 Å². The Labute approximate surface area is 93.1 Å². The summed E-state index contributed by atoms with van der Waals surface area (Å²) in [6, 6.07) is 0.569. The number of nitrogens with one attached hydrogen (secondary N) is 1. The molecule has 1 aliphatic heterocycles. The molecule has 2 nitrogen and oxygen atoms in total. The van der Waals surface area contributed by atoms with Crippen molar-refractivity contribution < 1.29 is 4.74 Å². The molecular formula is C13H23NO. The van der Waals surface area contributed by atoms with Crippen LogP contribution in [0.4, 0.5) is 0 Å². The molecule has 0 aromatic rings. The topological polar surface area (TPSA) is 21.3 Å². The lowest BCUT2D eigenvalue weighted by molar-refractivity contribution is 0.0813. The lowest BCUT2D eigenvalue weighted by atomic mass is 9.86. The van der Waals surface area contributed by atoms with Gasteiger partial charge in [-0.15, -0.1) is 0 Å². The van der Waals surface area contributed by atoms with Gasteiger partial charge >= 0.3 is 0 Å². The zero-order valence-corrected chi connectivity index (χ0v) is 9.96. The first-order valence-electron chi connectivity index (χ1n) is 6.34. The Morgan fingerprint density at radius 1 is 1.60 bits per heavy atom. The summed E-state index contributed by atoms with van der Waals surface area (Å²) >= 11 is 0. The Hall–Kier alpha value is -0.340. The number of allylic oxidation sites excluding steroid dienone is 1. The summed E-state index contributed by atoms with van der Waals surface area (Å²) in [7, 11) is 2.09. The van der Waals surface area contributed by atoms with Crippen molar-refractivity contribution in [2.24, 2.45) is 5.92 Å². The normalized spacial score (nSPS) is 33.1. The SMILES string of the molecule is CCC1OCCC1C(NC)C1=CCCC1. The average Bonchev–Trinajstić information content (AvgIpc) is 2.89. The van der Waals surface area contributed by atoms with Gasteiger partial charge in [0.25, 0.3) is 0 Å². The van der Waals surface area contributed by atoms with E-state index in [1.54, 1.807) is 5.57 Å². The van der Waals surface area contributed by atoms with Crippen LogP contribution in [0.15, 0.2) is 11.6 Å². The second-order valence-electron chi connectivity index (χ2n) is 4.71. The Bertz CT molecular complexity index is 237. The molecule has 0 spiro atoms. The van der Waals surface area contributed by atoms with Crippen molar-refractivity contribution in [1.29, 1.82) is 0 Å². The third kappa shape index (κ3) is 2.26. The van der Waals surface area contributed by atoms with Crippen LogP contribution in [-0.2, 0) is 4.74 Å². The quantitative estimate of drug-likeness (QED) is 0.718. The molecule has 2 aliphatic rings. The van der Waals surface area contributed by atoms with Crippen LogP contribution in [0.5, 0.6) is 0 Å². The lowest BCUT2D eigenvalue weighted by Gasteiger charge is -2.28. The van der Waals surface area contributed by atoms with Gasteiger partial charge in [0.15, 0.2) is 0 Å². The fraction of sp³-hybridized carbons (Fsp3) is 0.846. The van der Waals surface area contributed by atoms with Gasteiger partial charge in [-0.1, -0.05) is 18.6 Å². The van der Waals surface area contributed by atoms with Crippen molar-refractivity contribution in [3.8, 4) is 0 Å². The summed E-state index contributed by atoms with van der Waals surface area (Å²) < 4.78 is 5.79. The van der Waals surface area contributed by atoms with Crippen LogP contribution in [0.2, 0.25) is 0 Å². The summed E-state index contributed by atoms with van der Waals surface area (Å²) in [6.45, 7) is 3.19. The van der Waals surface area contributed by atoms with E-state index < -0.39 is 0 Å². The minimum absolute atomic E-state index is 0.476. The van der Waals surface area contributed by atoms with Crippen LogP contribution in [0, 0.1) is 5.92 Å². The Morgan fingerprint density at radius 3 is 3.07 bits per heavy atom. The maximum atomic E-state index is 5.79. The molecule has 0 amide bonds. The Kier molecular flexibility index (Phi) is 3.81. The summed E-state index contributed by atoms with van der Waals surface area (Å²) in [5, 5.41) is 3.50. The highest BCUT2D eigenvalue weighted by atomic mass is 16.5. The molecular weight excluding hydrogens is 186 g/mol. The van der Waals surface area contributed by atoms with Gasteiger partial charge in [0, 0.05) is 18.6 Å². The molecule has 1 aliphatic carbocycles. The molecule has 3 atom stereocenters. The monoisotopic (exact) mass is 209 g/mol. The standard InChI is InChI=1S/C13H23NO/c1-3-12-11(8-9-15-12)13(14-2)10-6-4-5-7-10/h6,11-14H,3-5,7-9H2,1-2H3. The highest BCUT2D eigenvalue weighted by Crippen LogP contribution is 2.33. The third-order valence-corrected chi connectivity index (χ3v) is 3.88. The molecule has 15 heavy (non-hydrogen) atoms. The maximum absolute atomic E-state index is 5.79. The number of rotatable bonds is 4. The minimum atomic E-state index is 0.476. The molecule has 86 valence electrons. The molecule has 1 N–H and O–H groups in total. The molecule has 1 heterocycles. The molecule has 2 rings (SSSR count). The van der Waals surface area contributed by atoms with E-state index in [0.29, 0.717) is 18.1 Å². The van der Waals surface area contributed by atoms with Gasteiger partial charge in [0.2, 0.25) is 0 Å². The Morgan fingerprint density at radius 2 is 2.47 bits per heavy atom. The zero-order chi connectivity index (χ0) is 10.7. The van der Waals surface area contributed by atoms with E-state index in [1.807, 2.05) is 0 Å². The highest BCUT2D eigenvalue weighted by molar-refractivity contribution is 5.17. The summed E-state index contributed by atoms with van der Waals surface area (Å²) in [5.74, 6) is 0.698. The van der Waals surface area contributed by atoms with Crippen molar-refractivity contribution in [3.63, 3.8) is 0 Å². The van der Waals surface area contributed by atoms with Crippen LogP contribution in [-0.4, -0.2) is 25.8 Å². The predicted octanol–water partition coefficient (Wildman–Crippen LogP) is 2.50. The molecule has 1 saturated heterocycles. The van der Waals surface area contributed by atoms with Crippen LogP contribution in [0.1, 0.15) is 39.0 Å². The lowest BCUT2D eigenvalue weighted by Crippen LogP contribution is -2.39. The van der Waals surface area contributed by atoms with Gasteiger partial charge in [-0.05, 0) is 39.2 Å². The van der Waals surface area contributed by atoms with Crippen molar-refractivity contribution in [1.82, 2.24) is 5.32 Å². The molecule has 3 unspecified atom stereocenters. The van der Waals surface area contributed by atoms with Crippen molar-refractivity contribution in [2.45, 2.75) is 51.2 Å². The van der Waals surface area contributed by atoms with Gasteiger partial charge in [-0.3, -0.25) is 0 Å². The summed E-state index contributed by atoms with van der Waals surface area (Å²) in [6.07, 6.45) is 9.20. The van der Waals surface area contributed by atoms with E-state index in [2.05, 4.69) is 25.4 Å². The molecule has 0 aromatic heterocycles. The minimum Gasteiger partial charge on any atom is -0.378 e. The van der Waals surface area contributed by atoms with E-state index >= 15 is 0 Å². The van der Waals surface area contributed by atoms with E-state index in [1.165, 1.54) is 25.7 Å². The maximum Gasteiger partial charge on any atom is 0.0619 e. The Balaban J connectivity index is 2.04. The van der Waals surface area contributed by atoms with E-state index in [0.717, 1.165) is 13.0 Å². The number of hydrogen-bond donors (Lipinski definition) is 1.